The van der Waals surface area contributed by atoms with E-state index >= 15 is 0 Å². The second-order valence-corrected chi connectivity index (χ2v) is 7.33. The maximum atomic E-state index is 6.70. The van der Waals surface area contributed by atoms with Crippen LogP contribution in [0.3, 0.4) is 0 Å². The molecule has 1 heterocycles. The van der Waals surface area contributed by atoms with Gasteiger partial charge in [0.2, 0.25) is 0 Å². The molecule has 3 atom stereocenters. The Kier molecular flexibility index (Phi) is 7.27. The summed E-state index contributed by atoms with van der Waals surface area (Å²) in [7, 11) is 0. The standard InChI is InChI=1S/C25H27NO.ClH/c1-19(24-23(17-18-26-24)20-11-5-2-6-12-20)27-25(21-13-7-3-8-14-21)22-15-9-4-10-16-22;/h2-16,19,23-26H,17-18H2,1H3;1H. The van der Waals surface area contributed by atoms with Crippen LogP contribution in [0.4, 0.5) is 0 Å². The molecule has 2 nitrogen and oxygen atoms in total. The van der Waals surface area contributed by atoms with Crippen LogP contribution in [-0.2, 0) is 4.74 Å². The van der Waals surface area contributed by atoms with E-state index in [0.717, 1.165) is 13.0 Å². The number of halogens is 1. The number of benzene rings is 3. The van der Waals surface area contributed by atoms with Crippen molar-refractivity contribution in [3.63, 3.8) is 0 Å². The van der Waals surface area contributed by atoms with Gasteiger partial charge in [-0.15, -0.1) is 12.4 Å². The van der Waals surface area contributed by atoms with Gasteiger partial charge in [0, 0.05) is 12.0 Å². The number of ether oxygens (including phenoxy) is 1. The molecule has 3 heteroatoms. The number of rotatable bonds is 6. The Morgan fingerprint density at radius 2 is 1.29 bits per heavy atom. The van der Waals surface area contributed by atoms with E-state index in [-0.39, 0.29) is 24.6 Å². The van der Waals surface area contributed by atoms with Crippen molar-refractivity contribution in [3.8, 4) is 0 Å². The predicted molar refractivity (Wildman–Crippen MR) is 118 cm³/mol. The van der Waals surface area contributed by atoms with Crippen molar-refractivity contribution >= 4 is 12.4 Å². The van der Waals surface area contributed by atoms with E-state index in [9.17, 15) is 0 Å². The third kappa shape index (κ3) is 4.64. The van der Waals surface area contributed by atoms with Crippen molar-refractivity contribution < 1.29 is 4.74 Å². The average molecular weight is 394 g/mol. The molecule has 1 aliphatic heterocycles. The Bertz CT molecular complexity index is 785. The van der Waals surface area contributed by atoms with E-state index in [2.05, 4.69) is 103 Å². The van der Waals surface area contributed by atoms with E-state index in [1.165, 1.54) is 16.7 Å². The highest BCUT2D eigenvalue weighted by Crippen LogP contribution is 2.34. The highest BCUT2D eigenvalue weighted by molar-refractivity contribution is 5.85. The minimum atomic E-state index is -0.0544. The lowest BCUT2D eigenvalue weighted by Gasteiger charge is -2.30. The van der Waals surface area contributed by atoms with Crippen LogP contribution >= 0.6 is 12.4 Å². The molecule has 0 aliphatic carbocycles. The fourth-order valence-electron chi connectivity index (χ4n) is 4.20. The molecule has 146 valence electrons. The Morgan fingerprint density at radius 3 is 1.82 bits per heavy atom. The highest BCUT2D eigenvalue weighted by Gasteiger charge is 2.34. The van der Waals surface area contributed by atoms with Crippen LogP contribution in [0.25, 0.3) is 0 Å². The Morgan fingerprint density at radius 1 is 0.786 bits per heavy atom. The molecule has 0 saturated carbocycles. The molecule has 0 amide bonds. The summed E-state index contributed by atoms with van der Waals surface area (Å²) < 4.78 is 6.70. The maximum Gasteiger partial charge on any atom is 0.108 e. The molecule has 4 rings (SSSR count). The van der Waals surface area contributed by atoms with Crippen LogP contribution in [-0.4, -0.2) is 18.7 Å². The van der Waals surface area contributed by atoms with E-state index in [0.29, 0.717) is 12.0 Å². The largest absolute Gasteiger partial charge is 0.364 e. The lowest BCUT2D eigenvalue weighted by Crippen LogP contribution is -2.39. The van der Waals surface area contributed by atoms with Gasteiger partial charge in [-0.25, -0.2) is 0 Å². The van der Waals surface area contributed by atoms with Gasteiger partial charge >= 0.3 is 0 Å². The lowest BCUT2D eigenvalue weighted by atomic mass is 9.89. The summed E-state index contributed by atoms with van der Waals surface area (Å²) >= 11 is 0. The lowest BCUT2D eigenvalue weighted by molar-refractivity contribution is -0.00221. The second kappa shape index (κ2) is 9.88. The van der Waals surface area contributed by atoms with Gasteiger partial charge in [0.15, 0.2) is 0 Å². The zero-order chi connectivity index (χ0) is 18.5. The van der Waals surface area contributed by atoms with Crippen LogP contribution in [0.5, 0.6) is 0 Å². The molecule has 1 N–H and O–H groups in total. The normalized spacial score (nSPS) is 19.9. The summed E-state index contributed by atoms with van der Waals surface area (Å²) in [5, 5.41) is 3.69. The zero-order valence-electron chi connectivity index (χ0n) is 16.2. The fraction of sp³-hybridized carbons (Fsp3) is 0.280. The van der Waals surface area contributed by atoms with E-state index in [1.54, 1.807) is 0 Å². The maximum absolute atomic E-state index is 6.70. The molecule has 3 aromatic rings. The molecule has 1 aliphatic rings. The van der Waals surface area contributed by atoms with Crippen molar-refractivity contribution in [2.45, 2.75) is 37.5 Å². The summed E-state index contributed by atoms with van der Waals surface area (Å²) in [6.07, 6.45) is 1.20. The predicted octanol–water partition coefficient (Wildman–Crippen LogP) is 5.75. The smallest absolute Gasteiger partial charge is 0.108 e. The first-order valence-electron chi connectivity index (χ1n) is 9.86. The van der Waals surface area contributed by atoms with Gasteiger partial charge < -0.3 is 10.1 Å². The van der Waals surface area contributed by atoms with E-state index < -0.39 is 0 Å². The minimum absolute atomic E-state index is 0. The fourth-order valence-corrected chi connectivity index (χ4v) is 4.20. The van der Waals surface area contributed by atoms with Crippen LogP contribution in [0.1, 0.15) is 42.1 Å². The zero-order valence-corrected chi connectivity index (χ0v) is 17.0. The summed E-state index contributed by atoms with van der Waals surface area (Å²) in [6, 6.07) is 32.2. The number of nitrogens with one attached hydrogen (secondary N) is 1. The van der Waals surface area contributed by atoms with Gasteiger partial charge in [0.1, 0.15) is 6.10 Å². The Balaban J connectivity index is 0.00000225. The second-order valence-electron chi connectivity index (χ2n) is 7.33. The first kappa shape index (κ1) is 20.6. The van der Waals surface area contributed by atoms with Crippen molar-refractivity contribution in [2.75, 3.05) is 6.54 Å². The van der Waals surface area contributed by atoms with Gasteiger partial charge in [-0.2, -0.15) is 0 Å². The van der Waals surface area contributed by atoms with Crippen LogP contribution in [0.2, 0.25) is 0 Å². The Labute approximate surface area is 174 Å². The molecule has 1 saturated heterocycles. The van der Waals surface area contributed by atoms with E-state index in [1.807, 2.05) is 0 Å². The van der Waals surface area contributed by atoms with Gasteiger partial charge in [0.05, 0.1) is 6.10 Å². The summed E-state index contributed by atoms with van der Waals surface area (Å²) in [6.45, 7) is 3.25. The van der Waals surface area contributed by atoms with Crippen molar-refractivity contribution in [1.29, 1.82) is 0 Å². The molecule has 3 unspecified atom stereocenters. The topological polar surface area (TPSA) is 21.3 Å². The molecule has 1 fully saturated rings. The molecule has 0 radical (unpaired) electrons. The molecule has 0 spiro atoms. The summed E-state index contributed by atoms with van der Waals surface area (Å²) in [5.74, 6) is 0.494. The molecule has 28 heavy (non-hydrogen) atoms. The molecule has 0 bridgehead atoms. The van der Waals surface area contributed by atoms with Gasteiger partial charge in [-0.05, 0) is 36.6 Å². The van der Waals surface area contributed by atoms with Gasteiger partial charge in [-0.1, -0.05) is 91.0 Å². The monoisotopic (exact) mass is 393 g/mol. The third-order valence-electron chi connectivity index (χ3n) is 5.56. The first-order chi connectivity index (χ1) is 13.3. The number of hydrogen-bond donors (Lipinski definition) is 1. The molecule has 0 aromatic heterocycles. The average Bonchev–Trinajstić information content (AvgIpc) is 3.24. The van der Waals surface area contributed by atoms with Crippen LogP contribution in [0, 0.1) is 0 Å². The van der Waals surface area contributed by atoms with Crippen molar-refractivity contribution in [2.24, 2.45) is 0 Å². The molecular formula is C25H28ClNO. The highest BCUT2D eigenvalue weighted by atomic mass is 35.5. The SMILES string of the molecule is CC(OC(c1ccccc1)c1ccccc1)C1NCCC1c1ccccc1.Cl. The minimum Gasteiger partial charge on any atom is -0.364 e. The van der Waals surface area contributed by atoms with Crippen molar-refractivity contribution in [3.05, 3.63) is 108 Å². The first-order valence-corrected chi connectivity index (χ1v) is 9.86. The summed E-state index contributed by atoms with van der Waals surface area (Å²) in [5.41, 5.74) is 3.80. The quantitative estimate of drug-likeness (QED) is 0.575. The molecule has 3 aromatic carbocycles. The molecular weight excluding hydrogens is 366 g/mol. The van der Waals surface area contributed by atoms with Gasteiger partial charge in [0.25, 0.3) is 0 Å². The Hall–Kier alpha value is -2.13. The number of hydrogen-bond acceptors (Lipinski definition) is 2. The third-order valence-corrected chi connectivity index (χ3v) is 5.56. The summed E-state index contributed by atoms with van der Waals surface area (Å²) in [4.78, 5) is 0. The van der Waals surface area contributed by atoms with Gasteiger partial charge in [-0.3, -0.25) is 0 Å². The van der Waals surface area contributed by atoms with Crippen LogP contribution < -0.4 is 5.32 Å². The van der Waals surface area contributed by atoms with E-state index in [4.69, 9.17) is 4.74 Å². The van der Waals surface area contributed by atoms with Crippen LogP contribution in [0.15, 0.2) is 91.0 Å². The van der Waals surface area contributed by atoms with Crippen molar-refractivity contribution in [1.82, 2.24) is 5.32 Å².